The molecule has 10 nitrogen and oxygen atoms in total. The molecule has 0 aromatic rings. The number of rotatable bonds is 18. The van der Waals surface area contributed by atoms with Crippen molar-refractivity contribution in [1.29, 1.82) is 0 Å². The van der Waals surface area contributed by atoms with Gasteiger partial charge in [-0.2, -0.15) is 0 Å². The Morgan fingerprint density at radius 1 is 0.875 bits per heavy atom. The Labute approximate surface area is 285 Å². The SMILES string of the molecule is CCCCCCCCCCCCCC(=O)O[C@@H]1[C@@H](C)[C@@]2(O)[C@@H](C=C(CO)C[C@]3(O)C(=O)C(C)=C[C@@H]23)[C@@H]2C(C)(C)[C@]12OC(=O)CCC(=O)O. The van der Waals surface area contributed by atoms with Crippen LogP contribution in [0.15, 0.2) is 23.3 Å². The summed E-state index contributed by atoms with van der Waals surface area (Å²) in [6.07, 6.45) is 13.7. The number of ether oxygens (including phenoxy) is 2. The number of carbonyl (C=O) groups is 4. The number of aliphatic hydroxyl groups is 3. The van der Waals surface area contributed by atoms with Gasteiger partial charge in [-0.25, -0.2) is 0 Å². The molecule has 8 atom stereocenters. The van der Waals surface area contributed by atoms with E-state index in [9.17, 15) is 39.6 Å². The Balaban J connectivity index is 1.56. The third-order valence-corrected chi connectivity index (χ3v) is 12.0. The molecule has 4 aliphatic carbocycles. The molecule has 0 aromatic carbocycles. The minimum Gasteiger partial charge on any atom is -0.481 e. The maximum atomic E-state index is 13.5. The second-order valence-electron chi connectivity index (χ2n) is 15.5. The van der Waals surface area contributed by atoms with Gasteiger partial charge in [0.25, 0.3) is 0 Å². The average Bonchev–Trinajstić information content (AvgIpc) is 3.46. The molecule has 4 N–H and O–H groups in total. The van der Waals surface area contributed by atoms with Gasteiger partial charge >= 0.3 is 17.9 Å². The number of aliphatic carboxylic acids is 1. The van der Waals surface area contributed by atoms with Crippen LogP contribution in [-0.4, -0.2) is 73.6 Å². The zero-order valence-corrected chi connectivity index (χ0v) is 29.6. The minimum absolute atomic E-state index is 0.148. The first-order valence-electron chi connectivity index (χ1n) is 18.2. The molecular formula is C38H58O10. The molecule has 10 heteroatoms. The number of aliphatic hydroxyl groups excluding tert-OH is 1. The molecule has 0 heterocycles. The van der Waals surface area contributed by atoms with E-state index in [4.69, 9.17) is 9.47 Å². The fourth-order valence-electron chi connectivity index (χ4n) is 9.41. The van der Waals surface area contributed by atoms with Gasteiger partial charge in [0.05, 0.1) is 25.0 Å². The van der Waals surface area contributed by atoms with Crippen molar-refractivity contribution in [1.82, 2.24) is 0 Å². The number of unbranched alkanes of at least 4 members (excludes halogenated alkanes) is 10. The highest BCUT2D eigenvalue weighted by molar-refractivity contribution is 6.04. The standard InChI is InChI=1S/C38H58O10/c1-6-7-8-9-10-11-12-13-14-15-16-17-30(42)47-34-25(3)37(46)27(21-26(23-39)22-36(45)28(37)20-24(2)33(36)44)32-35(4,5)38(32,34)48-31(43)19-18-29(40)41/h20-21,25,27-28,32,34,39,45-46H,6-19,22-23H2,1-5H3,(H,40,41)/t25-,27+,28-,32-,34-,36-,37-,38-/m1/s1. The van der Waals surface area contributed by atoms with E-state index in [2.05, 4.69) is 6.92 Å². The minimum atomic E-state index is -2.00. The quantitative estimate of drug-likeness (QED) is 0.0816. The van der Waals surface area contributed by atoms with E-state index in [0.29, 0.717) is 17.6 Å². The van der Waals surface area contributed by atoms with Gasteiger partial charge in [0.1, 0.15) is 11.7 Å². The lowest BCUT2D eigenvalue weighted by molar-refractivity contribution is -0.229. The van der Waals surface area contributed by atoms with Gasteiger partial charge in [0.15, 0.2) is 11.4 Å². The smallest absolute Gasteiger partial charge is 0.307 e. The summed E-state index contributed by atoms with van der Waals surface area (Å²) in [6.45, 7) is 8.76. The summed E-state index contributed by atoms with van der Waals surface area (Å²) in [5.74, 6) is -6.30. The molecule has 0 bridgehead atoms. The van der Waals surface area contributed by atoms with Crippen molar-refractivity contribution in [2.24, 2.45) is 29.1 Å². The van der Waals surface area contributed by atoms with Gasteiger partial charge in [-0.15, -0.1) is 0 Å². The van der Waals surface area contributed by atoms with E-state index in [1.54, 1.807) is 26.0 Å². The zero-order valence-electron chi connectivity index (χ0n) is 29.6. The van der Waals surface area contributed by atoms with Crippen molar-refractivity contribution in [3.05, 3.63) is 23.3 Å². The van der Waals surface area contributed by atoms with E-state index in [1.165, 1.54) is 44.9 Å². The molecule has 0 amide bonds. The number of esters is 2. The average molecular weight is 675 g/mol. The predicted molar refractivity (Wildman–Crippen MR) is 179 cm³/mol. The molecule has 4 aliphatic rings. The van der Waals surface area contributed by atoms with Crippen LogP contribution in [0.4, 0.5) is 0 Å². The predicted octanol–water partition coefficient (Wildman–Crippen LogP) is 5.60. The summed E-state index contributed by atoms with van der Waals surface area (Å²) in [5.41, 5.74) is -5.37. The number of fused-ring (bicyclic) bond motifs is 5. The molecule has 4 rings (SSSR count). The Hall–Kier alpha value is -2.56. The van der Waals surface area contributed by atoms with Crippen LogP contribution in [0.1, 0.15) is 131 Å². The summed E-state index contributed by atoms with van der Waals surface area (Å²) >= 11 is 0. The summed E-state index contributed by atoms with van der Waals surface area (Å²) in [6, 6.07) is 0. The van der Waals surface area contributed by atoms with Crippen molar-refractivity contribution in [2.75, 3.05) is 6.61 Å². The van der Waals surface area contributed by atoms with Crippen LogP contribution < -0.4 is 0 Å². The highest BCUT2D eigenvalue weighted by Gasteiger charge is 2.87. The maximum absolute atomic E-state index is 13.5. The molecule has 270 valence electrons. The number of ketones is 1. The largest absolute Gasteiger partial charge is 0.481 e. The number of carboxylic acids is 1. The fraction of sp³-hybridized carbons (Fsp3) is 0.789. The van der Waals surface area contributed by atoms with Crippen molar-refractivity contribution in [2.45, 2.75) is 154 Å². The van der Waals surface area contributed by atoms with E-state index >= 15 is 0 Å². The monoisotopic (exact) mass is 674 g/mol. The van der Waals surface area contributed by atoms with Crippen LogP contribution in [0.5, 0.6) is 0 Å². The second kappa shape index (κ2) is 15.1. The van der Waals surface area contributed by atoms with Crippen LogP contribution >= 0.6 is 0 Å². The van der Waals surface area contributed by atoms with Crippen molar-refractivity contribution >= 4 is 23.7 Å². The van der Waals surface area contributed by atoms with Gasteiger partial charge in [0, 0.05) is 41.9 Å². The Kier molecular flexibility index (Phi) is 12.1. The lowest BCUT2D eigenvalue weighted by atomic mass is 9.59. The summed E-state index contributed by atoms with van der Waals surface area (Å²) in [7, 11) is 0. The first-order valence-corrected chi connectivity index (χ1v) is 18.2. The number of hydrogen-bond donors (Lipinski definition) is 4. The van der Waals surface area contributed by atoms with Gasteiger partial charge in [-0.05, 0) is 24.5 Å². The van der Waals surface area contributed by atoms with Gasteiger partial charge < -0.3 is 29.9 Å². The third-order valence-electron chi connectivity index (χ3n) is 12.0. The van der Waals surface area contributed by atoms with E-state index in [-0.39, 0.29) is 19.3 Å². The molecule has 48 heavy (non-hydrogen) atoms. The fourth-order valence-corrected chi connectivity index (χ4v) is 9.41. The van der Waals surface area contributed by atoms with Crippen molar-refractivity contribution < 1.29 is 49.1 Å². The van der Waals surface area contributed by atoms with E-state index in [0.717, 1.165) is 19.3 Å². The number of hydrogen-bond acceptors (Lipinski definition) is 9. The van der Waals surface area contributed by atoms with Crippen molar-refractivity contribution in [3.8, 4) is 0 Å². The molecule has 0 aliphatic heterocycles. The highest BCUT2D eigenvalue weighted by atomic mass is 16.6. The molecule has 2 saturated carbocycles. The third kappa shape index (κ3) is 6.91. The number of carboxylic acid groups (broad SMARTS) is 1. The second-order valence-corrected chi connectivity index (χ2v) is 15.5. The van der Waals surface area contributed by atoms with Gasteiger partial charge in [-0.1, -0.05) is 104 Å². The van der Waals surface area contributed by atoms with Gasteiger partial charge in [-0.3, -0.25) is 19.2 Å². The molecular weight excluding hydrogens is 616 g/mol. The summed E-state index contributed by atoms with van der Waals surface area (Å²) < 4.78 is 12.4. The van der Waals surface area contributed by atoms with Crippen LogP contribution in [0.2, 0.25) is 0 Å². The topological polar surface area (TPSA) is 168 Å². The zero-order chi connectivity index (χ0) is 35.5. The summed E-state index contributed by atoms with van der Waals surface area (Å²) in [4.78, 5) is 51.3. The normalized spacial score (nSPS) is 34.6. The summed E-state index contributed by atoms with van der Waals surface area (Å²) in [5, 5.41) is 44.2. The molecule has 0 unspecified atom stereocenters. The molecule has 2 fully saturated rings. The van der Waals surface area contributed by atoms with Gasteiger partial charge in [0.2, 0.25) is 0 Å². The Morgan fingerprint density at radius 2 is 1.46 bits per heavy atom. The molecule has 0 saturated heterocycles. The van der Waals surface area contributed by atoms with E-state index < -0.39 is 88.7 Å². The van der Waals surface area contributed by atoms with Crippen molar-refractivity contribution in [3.63, 3.8) is 0 Å². The van der Waals surface area contributed by atoms with Crippen LogP contribution in [-0.2, 0) is 28.7 Å². The maximum Gasteiger partial charge on any atom is 0.307 e. The number of Topliss-reactive ketones (excluding diaryl/α,β-unsaturated/α-hetero) is 1. The molecule has 0 aromatic heterocycles. The first kappa shape index (κ1) is 38.2. The Bertz CT molecular complexity index is 1280. The number of carbonyl (C=O) groups excluding carboxylic acids is 3. The van der Waals surface area contributed by atoms with Crippen LogP contribution in [0.3, 0.4) is 0 Å². The molecule has 0 spiro atoms. The van der Waals surface area contributed by atoms with Crippen LogP contribution in [0.25, 0.3) is 0 Å². The molecule has 0 radical (unpaired) electrons. The van der Waals surface area contributed by atoms with E-state index in [1.807, 2.05) is 13.8 Å². The lowest BCUT2D eigenvalue weighted by Crippen LogP contribution is -2.66. The first-order chi connectivity index (χ1) is 22.6. The van der Waals surface area contributed by atoms with Crippen LogP contribution in [0, 0.1) is 29.1 Å². The highest BCUT2D eigenvalue weighted by Crippen LogP contribution is 2.77. The Morgan fingerprint density at radius 3 is 2.02 bits per heavy atom. The lowest BCUT2D eigenvalue weighted by Gasteiger charge is -2.53.